The minimum absolute atomic E-state index is 0.0533. The molecule has 23 heavy (non-hydrogen) atoms. The number of ether oxygens (including phenoxy) is 1. The van der Waals surface area contributed by atoms with Crippen LogP contribution in [0.15, 0.2) is 18.2 Å². The van der Waals surface area contributed by atoms with E-state index in [0.29, 0.717) is 25.2 Å². The maximum absolute atomic E-state index is 15.2. The highest BCUT2D eigenvalue weighted by Crippen LogP contribution is 2.62. The van der Waals surface area contributed by atoms with Gasteiger partial charge in [0.15, 0.2) is 0 Å². The van der Waals surface area contributed by atoms with Crippen molar-refractivity contribution in [2.45, 2.75) is 56.9 Å². The van der Waals surface area contributed by atoms with Crippen molar-refractivity contribution in [3.8, 4) is 5.75 Å². The summed E-state index contributed by atoms with van der Waals surface area (Å²) >= 11 is 0. The van der Waals surface area contributed by atoms with Crippen molar-refractivity contribution in [3.05, 3.63) is 29.3 Å². The van der Waals surface area contributed by atoms with E-state index >= 15 is 4.39 Å². The van der Waals surface area contributed by atoms with Gasteiger partial charge in [0.05, 0.1) is 12.2 Å². The van der Waals surface area contributed by atoms with Crippen molar-refractivity contribution in [1.29, 1.82) is 0 Å². The molecule has 4 heteroatoms. The van der Waals surface area contributed by atoms with Gasteiger partial charge in [-0.15, -0.1) is 0 Å². The lowest BCUT2D eigenvalue weighted by atomic mass is 9.54. The molecule has 0 aliphatic heterocycles. The second-order valence-electron chi connectivity index (χ2n) is 8.04. The van der Waals surface area contributed by atoms with Crippen LogP contribution in [0.5, 0.6) is 5.75 Å². The van der Waals surface area contributed by atoms with Gasteiger partial charge in [0.2, 0.25) is 0 Å². The molecule has 1 aromatic carbocycles. The Morgan fingerprint density at radius 1 is 1.30 bits per heavy atom. The third-order valence-corrected chi connectivity index (χ3v) is 6.69. The fraction of sp³-hybridized carbons (Fsp3) is 0.684. The minimum Gasteiger partial charge on any atom is -0.508 e. The molecule has 2 fully saturated rings. The van der Waals surface area contributed by atoms with Gasteiger partial charge >= 0.3 is 0 Å². The number of alkyl halides is 1. The van der Waals surface area contributed by atoms with Crippen LogP contribution in [0.25, 0.3) is 0 Å². The van der Waals surface area contributed by atoms with E-state index in [0.717, 1.165) is 17.5 Å². The van der Waals surface area contributed by atoms with Crippen LogP contribution < -0.4 is 0 Å². The number of fused-ring (bicyclic) bond motifs is 5. The van der Waals surface area contributed by atoms with E-state index in [-0.39, 0.29) is 35.2 Å². The Labute approximate surface area is 136 Å². The van der Waals surface area contributed by atoms with E-state index in [1.807, 2.05) is 6.07 Å². The predicted molar refractivity (Wildman–Crippen MR) is 85.2 cm³/mol. The first-order valence-corrected chi connectivity index (χ1v) is 8.59. The standard InChI is InChI=1S/C19H25FO3/c1-19-8-12(22)7-14(19)18-16(23-2)6-10-5-11(21)3-4-13(10)17(18)15(20)9-19/h3-5,12,14-18,21-22H,6-9H2,1-2H3/t12-,14-,15-,16+,17-,18+,19-/m0/s1. The van der Waals surface area contributed by atoms with Crippen LogP contribution in [0, 0.1) is 17.3 Å². The highest BCUT2D eigenvalue weighted by atomic mass is 19.1. The first kappa shape index (κ1) is 15.4. The van der Waals surface area contributed by atoms with E-state index in [9.17, 15) is 10.2 Å². The molecule has 0 amide bonds. The van der Waals surface area contributed by atoms with Gasteiger partial charge in [0, 0.05) is 13.0 Å². The summed E-state index contributed by atoms with van der Waals surface area (Å²) < 4.78 is 21.0. The fourth-order valence-electron chi connectivity index (χ4n) is 5.85. The molecule has 3 nitrogen and oxygen atoms in total. The molecule has 3 aliphatic rings. The van der Waals surface area contributed by atoms with Gasteiger partial charge in [-0.3, -0.25) is 0 Å². The second-order valence-corrected chi connectivity index (χ2v) is 8.04. The van der Waals surface area contributed by atoms with Crippen LogP contribution in [-0.2, 0) is 11.2 Å². The Balaban J connectivity index is 1.81. The molecule has 0 aromatic heterocycles. The number of hydrogen-bond acceptors (Lipinski definition) is 3. The van der Waals surface area contributed by atoms with Crippen LogP contribution in [0.2, 0.25) is 0 Å². The second kappa shape index (κ2) is 5.18. The summed E-state index contributed by atoms with van der Waals surface area (Å²) in [6.45, 7) is 2.13. The van der Waals surface area contributed by atoms with E-state index in [1.165, 1.54) is 0 Å². The van der Waals surface area contributed by atoms with Crippen molar-refractivity contribution in [1.82, 2.24) is 0 Å². The topological polar surface area (TPSA) is 49.7 Å². The molecule has 7 atom stereocenters. The lowest BCUT2D eigenvalue weighted by Crippen LogP contribution is -2.51. The molecular formula is C19H25FO3. The number of aliphatic hydroxyl groups is 1. The van der Waals surface area contributed by atoms with Gasteiger partial charge in [-0.05, 0) is 66.2 Å². The number of methoxy groups -OCH3 is 1. The van der Waals surface area contributed by atoms with Gasteiger partial charge in [0.1, 0.15) is 11.9 Å². The highest BCUT2D eigenvalue weighted by molar-refractivity contribution is 5.42. The van der Waals surface area contributed by atoms with Crippen molar-refractivity contribution in [2.75, 3.05) is 7.11 Å². The largest absolute Gasteiger partial charge is 0.508 e. The average molecular weight is 320 g/mol. The Morgan fingerprint density at radius 3 is 2.83 bits per heavy atom. The SMILES string of the molecule is CO[C@@H]1Cc2cc(O)ccc2[C@@H]2[C@@H]1[C@@H]1C[C@H](O)C[C@@]1(C)C[C@@H]2F. The molecule has 126 valence electrons. The van der Waals surface area contributed by atoms with Crippen molar-refractivity contribution in [3.63, 3.8) is 0 Å². The third kappa shape index (κ3) is 2.22. The number of phenols is 1. The highest BCUT2D eigenvalue weighted by Gasteiger charge is 2.59. The van der Waals surface area contributed by atoms with Gasteiger partial charge in [0.25, 0.3) is 0 Å². The van der Waals surface area contributed by atoms with Crippen molar-refractivity contribution < 1.29 is 19.3 Å². The smallest absolute Gasteiger partial charge is 0.115 e. The average Bonchev–Trinajstić information content (AvgIpc) is 2.79. The molecule has 4 rings (SSSR count). The third-order valence-electron chi connectivity index (χ3n) is 6.69. The molecule has 0 spiro atoms. The first-order chi connectivity index (χ1) is 10.9. The zero-order valence-electron chi connectivity index (χ0n) is 13.7. The first-order valence-electron chi connectivity index (χ1n) is 8.59. The lowest BCUT2D eigenvalue weighted by molar-refractivity contribution is -0.0736. The molecule has 2 N–H and O–H groups in total. The summed E-state index contributed by atoms with van der Waals surface area (Å²) in [5, 5.41) is 20.0. The monoisotopic (exact) mass is 320 g/mol. The molecule has 1 aromatic rings. The van der Waals surface area contributed by atoms with Gasteiger partial charge in [-0.25, -0.2) is 4.39 Å². The van der Waals surface area contributed by atoms with E-state index < -0.39 is 6.17 Å². The molecule has 0 radical (unpaired) electrons. The number of aliphatic hydroxyl groups excluding tert-OH is 1. The normalized spacial score (nSPS) is 45.2. The Kier molecular flexibility index (Phi) is 3.47. The zero-order valence-corrected chi connectivity index (χ0v) is 13.7. The van der Waals surface area contributed by atoms with E-state index in [4.69, 9.17) is 4.74 Å². The molecule has 3 aliphatic carbocycles. The maximum atomic E-state index is 15.2. The molecule has 0 heterocycles. The number of halogens is 1. The summed E-state index contributed by atoms with van der Waals surface area (Å²) in [5.74, 6) is 0.432. The summed E-state index contributed by atoms with van der Waals surface area (Å²) in [6, 6.07) is 5.30. The van der Waals surface area contributed by atoms with Crippen molar-refractivity contribution in [2.24, 2.45) is 17.3 Å². The number of benzene rings is 1. The van der Waals surface area contributed by atoms with Crippen LogP contribution in [0.3, 0.4) is 0 Å². The number of aromatic hydroxyl groups is 1. The summed E-state index contributed by atoms with van der Waals surface area (Å²) in [4.78, 5) is 0. The molecular weight excluding hydrogens is 295 g/mol. The van der Waals surface area contributed by atoms with Crippen LogP contribution in [0.1, 0.15) is 43.2 Å². The maximum Gasteiger partial charge on any atom is 0.115 e. The van der Waals surface area contributed by atoms with Crippen LogP contribution >= 0.6 is 0 Å². The Bertz CT molecular complexity index is 619. The van der Waals surface area contributed by atoms with Gasteiger partial charge in [-0.1, -0.05) is 13.0 Å². The molecule has 0 unspecified atom stereocenters. The Hall–Kier alpha value is -1.13. The lowest BCUT2D eigenvalue weighted by Gasteiger charge is -2.52. The fourth-order valence-corrected chi connectivity index (χ4v) is 5.85. The van der Waals surface area contributed by atoms with E-state index in [1.54, 1.807) is 19.2 Å². The van der Waals surface area contributed by atoms with Gasteiger partial charge < -0.3 is 14.9 Å². The summed E-state index contributed by atoms with van der Waals surface area (Å²) in [5.41, 5.74) is 1.89. The zero-order chi connectivity index (χ0) is 16.4. The van der Waals surface area contributed by atoms with Crippen LogP contribution in [0.4, 0.5) is 4.39 Å². The number of phenolic OH excluding ortho intramolecular Hbond substituents is 1. The molecule has 0 bridgehead atoms. The van der Waals surface area contributed by atoms with Crippen molar-refractivity contribution >= 4 is 0 Å². The summed E-state index contributed by atoms with van der Waals surface area (Å²) in [6.07, 6.45) is 1.35. The van der Waals surface area contributed by atoms with Gasteiger partial charge in [-0.2, -0.15) is 0 Å². The predicted octanol–water partition coefficient (Wildman–Crippen LogP) is 3.18. The quantitative estimate of drug-likeness (QED) is 0.835. The number of rotatable bonds is 1. The van der Waals surface area contributed by atoms with E-state index in [2.05, 4.69) is 6.92 Å². The molecule has 0 saturated heterocycles. The molecule has 2 saturated carbocycles. The summed E-state index contributed by atoms with van der Waals surface area (Å²) in [7, 11) is 1.69. The number of hydrogen-bond donors (Lipinski definition) is 2. The van der Waals surface area contributed by atoms with Crippen LogP contribution in [-0.4, -0.2) is 35.7 Å². The minimum atomic E-state index is -0.923. The Morgan fingerprint density at radius 2 is 2.09 bits per heavy atom.